The molecule has 8 rings (SSSR count). The summed E-state index contributed by atoms with van der Waals surface area (Å²) < 4.78 is 72.7. The molecular weight excluding hydrogens is 496 g/mol. The molecule has 0 saturated carbocycles. The van der Waals surface area contributed by atoms with Crippen molar-refractivity contribution >= 4 is 55.2 Å². The summed E-state index contributed by atoms with van der Waals surface area (Å²) in [6.45, 7) is 0. The minimum atomic E-state index is -0.473. The summed E-state index contributed by atoms with van der Waals surface area (Å²) >= 11 is 6.63. The molecule has 0 saturated heterocycles. The normalized spacial score (nSPS) is 14.6. The van der Waals surface area contributed by atoms with Gasteiger partial charge in [-0.15, -0.1) is 0 Å². The van der Waals surface area contributed by atoms with E-state index in [0.29, 0.717) is 10.7 Å². The quantitative estimate of drug-likeness (QED) is 0.217. The molecule has 6 aromatic carbocycles. The summed E-state index contributed by atoms with van der Waals surface area (Å²) in [7, 11) is 0. The van der Waals surface area contributed by atoms with Gasteiger partial charge in [-0.1, -0.05) is 109 Å². The SMILES string of the molecule is [2H]c1c([2H])c([2H])c2c(c1[2H])c1c([2H])c([2H])c([2H])c([2H])c1n2-c1ccc2c3ccccc3n(-c3cc(Cl)ccc3-c3ccccc3)c2c1. The Morgan fingerprint density at radius 3 is 1.95 bits per heavy atom. The van der Waals surface area contributed by atoms with E-state index in [1.54, 1.807) is 0 Å². The first-order chi connectivity index (χ1) is 22.6. The Kier molecular flexibility index (Phi) is 3.45. The van der Waals surface area contributed by atoms with E-state index in [1.165, 1.54) is 4.57 Å². The predicted molar refractivity (Wildman–Crippen MR) is 166 cm³/mol. The standard InChI is InChI=1S/C36H23ClN2/c37-25-18-20-27(24-10-2-1-3-11-24)35(22-25)39-34-17-9-6-14-30(34)31-21-19-26(23-36(31)39)38-32-15-7-4-12-28(32)29-13-5-8-16-33(29)38/h1-23H/i4D,5D,7D,8D,12D,13D,15D,16D. The smallest absolute Gasteiger partial charge is 0.0645 e. The molecule has 0 fully saturated rings. The van der Waals surface area contributed by atoms with Crippen LogP contribution in [0.5, 0.6) is 0 Å². The third-order valence-electron chi connectivity index (χ3n) is 7.23. The number of rotatable bonds is 3. The Bertz CT molecular complexity index is 2550. The zero-order valence-electron chi connectivity index (χ0n) is 28.4. The lowest BCUT2D eigenvalue weighted by Gasteiger charge is -2.15. The molecule has 0 bridgehead atoms. The van der Waals surface area contributed by atoms with Crippen molar-refractivity contribution in [1.29, 1.82) is 0 Å². The highest BCUT2D eigenvalue weighted by Gasteiger charge is 2.18. The summed E-state index contributed by atoms with van der Waals surface area (Å²) in [4.78, 5) is 0. The third-order valence-corrected chi connectivity index (χ3v) is 7.47. The fourth-order valence-electron chi connectivity index (χ4n) is 5.59. The third kappa shape index (κ3) is 3.35. The van der Waals surface area contributed by atoms with Crippen LogP contribution in [0, 0.1) is 0 Å². The lowest BCUT2D eigenvalue weighted by Crippen LogP contribution is -1.99. The fraction of sp³-hybridized carbons (Fsp3) is 0. The Morgan fingerprint density at radius 1 is 0.513 bits per heavy atom. The van der Waals surface area contributed by atoms with Crippen LogP contribution in [0.15, 0.2) is 139 Å². The second-order valence-electron chi connectivity index (χ2n) is 9.36. The molecule has 0 atom stereocenters. The number of aromatic nitrogens is 2. The Hall–Kier alpha value is -4.79. The van der Waals surface area contributed by atoms with Crippen LogP contribution in [0.1, 0.15) is 11.0 Å². The molecule has 0 aliphatic carbocycles. The molecule has 0 aliphatic heterocycles. The average Bonchev–Trinajstić information content (AvgIpc) is 3.62. The first-order valence-electron chi connectivity index (χ1n) is 16.5. The van der Waals surface area contributed by atoms with E-state index in [1.807, 2.05) is 91.0 Å². The van der Waals surface area contributed by atoms with E-state index in [2.05, 4.69) is 4.57 Å². The summed E-state index contributed by atoms with van der Waals surface area (Å²) in [5, 5.41) is 2.54. The number of fused-ring (bicyclic) bond motifs is 6. The van der Waals surface area contributed by atoms with Gasteiger partial charge in [0, 0.05) is 37.8 Å². The predicted octanol–water partition coefficient (Wildman–Crippen LogP) is 10.2. The van der Waals surface area contributed by atoms with E-state index >= 15 is 0 Å². The first-order valence-corrected chi connectivity index (χ1v) is 12.9. The van der Waals surface area contributed by atoms with Crippen molar-refractivity contribution in [2.24, 2.45) is 0 Å². The average molecular weight is 527 g/mol. The Labute approximate surface area is 242 Å². The van der Waals surface area contributed by atoms with Gasteiger partial charge in [0.05, 0.1) is 38.7 Å². The van der Waals surface area contributed by atoms with Crippen molar-refractivity contribution in [2.75, 3.05) is 0 Å². The van der Waals surface area contributed by atoms with Crippen molar-refractivity contribution in [1.82, 2.24) is 9.13 Å². The minimum absolute atomic E-state index is 0.0415. The maximum Gasteiger partial charge on any atom is 0.0645 e. The van der Waals surface area contributed by atoms with E-state index in [4.69, 9.17) is 22.6 Å². The molecule has 39 heavy (non-hydrogen) atoms. The van der Waals surface area contributed by atoms with E-state index in [0.717, 1.165) is 38.6 Å². The summed E-state index contributed by atoms with van der Waals surface area (Å²) in [6.07, 6.45) is 0. The zero-order valence-corrected chi connectivity index (χ0v) is 21.2. The molecule has 2 heterocycles. The molecule has 184 valence electrons. The number of hydrogen-bond acceptors (Lipinski definition) is 0. The van der Waals surface area contributed by atoms with Crippen LogP contribution in [-0.2, 0) is 0 Å². The molecule has 2 nitrogen and oxygen atoms in total. The molecule has 3 heteroatoms. The van der Waals surface area contributed by atoms with Crippen molar-refractivity contribution in [3.63, 3.8) is 0 Å². The van der Waals surface area contributed by atoms with Crippen LogP contribution in [0.25, 0.3) is 66.1 Å². The van der Waals surface area contributed by atoms with Crippen LogP contribution in [-0.4, -0.2) is 9.13 Å². The number of para-hydroxylation sites is 3. The zero-order chi connectivity index (χ0) is 32.9. The van der Waals surface area contributed by atoms with Crippen molar-refractivity contribution in [2.45, 2.75) is 0 Å². The van der Waals surface area contributed by atoms with Crippen LogP contribution < -0.4 is 0 Å². The molecule has 0 unspecified atom stereocenters. The molecule has 0 amide bonds. The van der Waals surface area contributed by atoms with Gasteiger partial charge in [-0.05, 0) is 48.0 Å². The molecule has 0 N–H and O–H groups in total. The monoisotopic (exact) mass is 526 g/mol. The van der Waals surface area contributed by atoms with Crippen LogP contribution in [0.4, 0.5) is 0 Å². The van der Waals surface area contributed by atoms with Gasteiger partial charge in [-0.2, -0.15) is 0 Å². The van der Waals surface area contributed by atoms with Gasteiger partial charge in [0.2, 0.25) is 0 Å². The van der Waals surface area contributed by atoms with Gasteiger partial charge in [0.25, 0.3) is 0 Å². The van der Waals surface area contributed by atoms with Crippen molar-refractivity contribution < 1.29 is 11.0 Å². The maximum atomic E-state index is 8.92. The van der Waals surface area contributed by atoms with E-state index in [-0.39, 0.29) is 46.0 Å². The van der Waals surface area contributed by atoms with Gasteiger partial charge in [0.1, 0.15) is 0 Å². The first kappa shape index (κ1) is 15.6. The summed E-state index contributed by atoms with van der Waals surface area (Å²) in [6, 6.07) is 26.1. The highest BCUT2D eigenvalue weighted by Crippen LogP contribution is 2.39. The van der Waals surface area contributed by atoms with Crippen molar-refractivity contribution in [3.05, 3.63) is 144 Å². The second kappa shape index (κ2) is 8.62. The highest BCUT2D eigenvalue weighted by atomic mass is 35.5. The van der Waals surface area contributed by atoms with Crippen LogP contribution in [0.2, 0.25) is 5.02 Å². The van der Waals surface area contributed by atoms with Gasteiger partial charge >= 0.3 is 0 Å². The van der Waals surface area contributed by atoms with E-state index in [9.17, 15) is 0 Å². The second-order valence-corrected chi connectivity index (χ2v) is 9.80. The maximum absolute atomic E-state index is 8.92. The van der Waals surface area contributed by atoms with Gasteiger partial charge in [0.15, 0.2) is 0 Å². The van der Waals surface area contributed by atoms with Crippen molar-refractivity contribution in [3.8, 4) is 22.5 Å². The van der Waals surface area contributed by atoms with Gasteiger partial charge < -0.3 is 9.13 Å². The molecular formula is C36H23ClN2. The largest absolute Gasteiger partial charge is 0.309 e. The lowest BCUT2D eigenvalue weighted by molar-refractivity contribution is 1.16. The topological polar surface area (TPSA) is 9.86 Å². The highest BCUT2D eigenvalue weighted by molar-refractivity contribution is 6.31. The minimum Gasteiger partial charge on any atom is -0.309 e. The number of nitrogens with zero attached hydrogens (tertiary/aromatic N) is 2. The molecule has 8 aromatic rings. The summed E-state index contributed by atoms with van der Waals surface area (Å²) in [5.74, 6) is 0. The Balaban J connectivity index is 1.56. The molecule has 2 aromatic heterocycles. The van der Waals surface area contributed by atoms with E-state index < -0.39 is 24.2 Å². The van der Waals surface area contributed by atoms with Gasteiger partial charge in [-0.3, -0.25) is 0 Å². The number of benzene rings is 6. The summed E-state index contributed by atoms with van der Waals surface area (Å²) in [5.41, 5.74) is 5.10. The molecule has 0 aliphatic rings. The Morgan fingerprint density at radius 2 is 1.18 bits per heavy atom. The number of hydrogen-bond donors (Lipinski definition) is 0. The lowest BCUT2D eigenvalue weighted by atomic mass is 10.0. The molecule has 0 spiro atoms. The molecule has 0 radical (unpaired) electrons. The van der Waals surface area contributed by atoms with Crippen LogP contribution >= 0.6 is 11.6 Å². The fourth-order valence-corrected chi connectivity index (χ4v) is 5.75. The van der Waals surface area contributed by atoms with Gasteiger partial charge in [-0.25, -0.2) is 0 Å². The number of halogens is 1. The van der Waals surface area contributed by atoms with Crippen LogP contribution in [0.3, 0.4) is 0 Å².